The molecule has 2 rings (SSSR count). The molecule has 1 aliphatic carbocycles. The smallest absolute Gasteiger partial charge is 0.0771 e. The van der Waals surface area contributed by atoms with Crippen LogP contribution in [0.15, 0.2) is 24.3 Å². The van der Waals surface area contributed by atoms with Crippen LogP contribution in [0.4, 0.5) is 0 Å². The van der Waals surface area contributed by atoms with Gasteiger partial charge in [-0.25, -0.2) is 0 Å². The first-order valence-electron chi connectivity index (χ1n) is 7.17. The molecule has 0 bridgehead atoms. The average Bonchev–Trinajstić information content (AvgIpc) is 2.57. The van der Waals surface area contributed by atoms with Crippen molar-refractivity contribution in [3.05, 3.63) is 35.4 Å². The van der Waals surface area contributed by atoms with Gasteiger partial charge in [0.1, 0.15) is 0 Å². The van der Waals surface area contributed by atoms with Gasteiger partial charge in [0.2, 0.25) is 0 Å². The average molecular weight is 247 g/mol. The summed E-state index contributed by atoms with van der Waals surface area (Å²) in [6.45, 7) is 3.68. The lowest BCUT2D eigenvalue weighted by atomic mass is 9.94. The maximum absolute atomic E-state index is 10.5. The highest BCUT2D eigenvalue weighted by atomic mass is 16.3. The first kappa shape index (κ1) is 13.6. The normalized spacial score (nSPS) is 19.4. The minimum Gasteiger partial charge on any atom is -0.389 e. The van der Waals surface area contributed by atoms with Gasteiger partial charge in [-0.1, -0.05) is 55.5 Å². The molecule has 0 atom stereocenters. The maximum Gasteiger partial charge on any atom is 0.0771 e. The largest absolute Gasteiger partial charge is 0.389 e. The second kappa shape index (κ2) is 6.35. The highest BCUT2D eigenvalue weighted by Gasteiger charge is 2.27. The summed E-state index contributed by atoms with van der Waals surface area (Å²) in [6, 6.07) is 8.58. The van der Waals surface area contributed by atoms with Crippen molar-refractivity contribution in [2.45, 2.75) is 57.6 Å². The molecule has 1 saturated carbocycles. The summed E-state index contributed by atoms with van der Waals surface area (Å²) < 4.78 is 0. The van der Waals surface area contributed by atoms with Gasteiger partial charge in [-0.2, -0.15) is 0 Å². The van der Waals surface area contributed by atoms with Gasteiger partial charge < -0.3 is 10.4 Å². The zero-order chi connectivity index (χ0) is 12.8. The van der Waals surface area contributed by atoms with Crippen LogP contribution < -0.4 is 5.32 Å². The third-order valence-electron chi connectivity index (χ3n) is 3.94. The van der Waals surface area contributed by atoms with E-state index < -0.39 is 5.60 Å². The Morgan fingerprint density at radius 2 is 1.67 bits per heavy atom. The highest BCUT2D eigenvalue weighted by molar-refractivity contribution is 5.21. The topological polar surface area (TPSA) is 32.3 Å². The number of rotatable bonds is 4. The monoisotopic (exact) mass is 247 g/mol. The molecular weight excluding hydrogens is 222 g/mol. The van der Waals surface area contributed by atoms with E-state index in [4.69, 9.17) is 0 Å². The minimum atomic E-state index is -0.471. The number of hydrogen-bond acceptors (Lipinski definition) is 2. The van der Waals surface area contributed by atoms with E-state index in [0.717, 1.165) is 25.9 Å². The third kappa shape index (κ3) is 4.11. The van der Waals surface area contributed by atoms with Crippen LogP contribution in [-0.4, -0.2) is 17.3 Å². The molecule has 2 N–H and O–H groups in total. The molecule has 1 aromatic carbocycles. The first-order valence-corrected chi connectivity index (χ1v) is 7.17. The van der Waals surface area contributed by atoms with Crippen LogP contribution in [0, 0.1) is 6.92 Å². The number of nitrogens with one attached hydrogen (secondary N) is 1. The van der Waals surface area contributed by atoms with E-state index in [-0.39, 0.29) is 0 Å². The van der Waals surface area contributed by atoms with Crippen molar-refractivity contribution in [2.75, 3.05) is 6.54 Å². The predicted octanol–water partition coefficient (Wildman–Crippen LogP) is 3.17. The third-order valence-corrected chi connectivity index (χ3v) is 3.94. The molecule has 0 amide bonds. The summed E-state index contributed by atoms with van der Waals surface area (Å²) >= 11 is 0. The van der Waals surface area contributed by atoms with Crippen LogP contribution in [0.3, 0.4) is 0 Å². The summed E-state index contributed by atoms with van der Waals surface area (Å²) in [5, 5.41) is 13.9. The van der Waals surface area contributed by atoms with Crippen LogP contribution in [0.1, 0.15) is 49.7 Å². The zero-order valence-corrected chi connectivity index (χ0v) is 11.4. The Balaban J connectivity index is 1.78. The molecule has 2 nitrogen and oxygen atoms in total. The Bertz CT molecular complexity index is 350. The molecule has 1 fully saturated rings. The fraction of sp³-hybridized carbons (Fsp3) is 0.625. The quantitative estimate of drug-likeness (QED) is 0.801. The fourth-order valence-electron chi connectivity index (χ4n) is 2.71. The fourth-order valence-corrected chi connectivity index (χ4v) is 2.71. The molecule has 0 radical (unpaired) electrons. The SMILES string of the molecule is Cc1ccc(CNCC2(O)CCCCCC2)cc1. The van der Waals surface area contributed by atoms with Crippen molar-refractivity contribution < 1.29 is 5.11 Å². The van der Waals surface area contributed by atoms with E-state index in [1.54, 1.807) is 0 Å². The summed E-state index contributed by atoms with van der Waals surface area (Å²) in [4.78, 5) is 0. The molecule has 0 saturated heterocycles. The Labute approximate surface area is 110 Å². The van der Waals surface area contributed by atoms with Crippen LogP contribution >= 0.6 is 0 Å². The second-order valence-corrected chi connectivity index (χ2v) is 5.73. The zero-order valence-electron chi connectivity index (χ0n) is 11.4. The first-order chi connectivity index (χ1) is 8.68. The van der Waals surface area contributed by atoms with E-state index in [1.807, 2.05) is 0 Å². The lowest BCUT2D eigenvalue weighted by Crippen LogP contribution is -2.39. The summed E-state index contributed by atoms with van der Waals surface area (Å²) in [5.74, 6) is 0. The molecule has 18 heavy (non-hydrogen) atoms. The van der Waals surface area contributed by atoms with Crippen molar-refractivity contribution in [1.29, 1.82) is 0 Å². The summed E-state index contributed by atoms with van der Waals surface area (Å²) in [5.41, 5.74) is 2.11. The number of hydrogen-bond donors (Lipinski definition) is 2. The number of aryl methyl sites for hydroxylation is 1. The number of aliphatic hydroxyl groups is 1. The lowest BCUT2D eigenvalue weighted by Gasteiger charge is -2.27. The highest BCUT2D eigenvalue weighted by Crippen LogP contribution is 2.26. The van der Waals surface area contributed by atoms with Crippen LogP contribution in [-0.2, 0) is 6.54 Å². The van der Waals surface area contributed by atoms with Gasteiger partial charge in [0.05, 0.1) is 5.60 Å². The van der Waals surface area contributed by atoms with Gasteiger partial charge >= 0.3 is 0 Å². The van der Waals surface area contributed by atoms with Crippen molar-refractivity contribution in [2.24, 2.45) is 0 Å². The van der Waals surface area contributed by atoms with E-state index >= 15 is 0 Å². The predicted molar refractivity (Wildman–Crippen MR) is 75.5 cm³/mol. The van der Waals surface area contributed by atoms with Gasteiger partial charge in [-0.05, 0) is 25.3 Å². The van der Waals surface area contributed by atoms with Crippen LogP contribution in [0.5, 0.6) is 0 Å². The molecule has 1 aromatic rings. The molecule has 100 valence electrons. The minimum absolute atomic E-state index is 0.471. The van der Waals surface area contributed by atoms with Gasteiger partial charge in [0.15, 0.2) is 0 Å². The molecule has 0 aliphatic heterocycles. The van der Waals surface area contributed by atoms with Gasteiger partial charge in [-0.15, -0.1) is 0 Å². The Morgan fingerprint density at radius 3 is 2.28 bits per heavy atom. The van der Waals surface area contributed by atoms with E-state index in [2.05, 4.69) is 36.5 Å². The molecule has 2 heteroatoms. The van der Waals surface area contributed by atoms with Crippen LogP contribution in [0.25, 0.3) is 0 Å². The standard InChI is InChI=1S/C16H25NO/c1-14-6-8-15(9-7-14)12-17-13-16(18)10-4-2-3-5-11-16/h6-9,17-18H,2-5,10-13H2,1H3. The molecule has 0 unspecified atom stereocenters. The molecule has 1 aliphatic rings. The molecular formula is C16H25NO. The number of benzene rings is 1. The Morgan fingerprint density at radius 1 is 1.06 bits per heavy atom. The van der Waals surface area contributed by atoms with Crippen molar-refractivity contribution in [1.82, 2.24) is 5.32 Å². The molecule has 0 heterocycles. The Kier molecular flexibility index (Phi) is 4.79. The molecule has 0 spiro atoms. The molecule has 0 aromatic heterocycles. The van der Waals surface area contributed by atoms with E-state index in [1.165, 1.54) is 36.8 Å². The van der Waals surface area contributed by atoms with Crippen molar-refractivity contribution in [3.63, 3.8) is 0 Å². The van der Waals surface area contributed by atoms with Crippen molar-refractivity contribution in [3.8, 4) is 0 Å². The maximum atomic E-state index is 10.5. The van der Waals surface area contributed by atoms with Gasteiger partial charge in [-0.3, -0.25) is 0 Å². The van der Waals surface area contributed by atoms with E-state index in [9.17, 15) is 5.11 Å². The summed E-state index contributed by atoms with van der Waals surface area (Å²) in [6.07, 6.45) is 6.80. The summed E-state index contributed by atoms with van der Waals surface area (Å²) in [7, 11) is 0. The lowest BCUT2D eigenvalue weighted by molar-refractivity contribution is 0.0250. The van der Waals surface area contributed by atoms with E-state index in [0.29, 0.717) is 0 Å². The Hall–Kier alpha value is -0.860. The van der Waals surface area contributed by atoms with Crippen LogP contribution in [0.2, 0.25) is 0 Å². The van der Waals surface area contributed by atoms with Crippen molar-refractivity contribution >= 4 is 0 Å². The van der Waals surface area contributed by atoms with Gasteiger partial charge in [0.25, 0.3) is 0 Å². The second-order valence-electron chi connectivity index (χ2n) is 5.73. The van der Waals surface area contributed by atoms with Gasteiger partial charge in [0, 0.05) is 13.1 Å².